The first-order valence-electron chi connectivity index (χ1n) is 6.69. The maximum absolute atomic E-state index is 11.7. The molecule has 0 aliphatic carbocycles. The molecule has 1 heterocycles. The normalized spacial score (nSPS) is 12.3. The molecule has 1 atom stereocenters. The Bertz CT molecular complexity index is 869. The fraction of sp³-hybridized carbons (Fsp3) is 0.125. The Kier molecular flexibility index (Phi) is 4.26. The first-order chi connectivity index (χ1) is 11.0. The molecule has 0 amide bonds. The van der Waals surface area contributed by atoms with Crippen LogP contribution in [-0.2, 0) is 4.74 Å². The minimum atomic E-state index is -0.940. The molecule has 0 aliphatic rings. The lowest BCUT2D eigenvalue weighted by Crippen LogP contribution is -2.06. The van der Waals surface area contributed by atoms with Gasteiger partial charge in [0.2, 0.25) is 0 Å². The number of esters is 1. The molecule has 23 heavy (non-hydrogen) atoms. The number of benzene rings is 2. The van der Waals surface area contributed by atoms with E-state index in [-0.39, 0.29) is 15.6 Å². The molecule has 5 nitrogen and oxygen atoms in total. The quantitative estimate of drug-likeness (QED) is 0.705. The van der Waals surface area contributed by atoms with Crippen LogP contribution in [0.4, 0.5) is 0 Å². The maximum atomic E-state index is 11.7. The van der Waals surface area contributed by atoms with Crippen LogP contribution >= 0.6 is 23.2 Å². The van der Waals surface area contributed by atoms with Crippen molar-refractivity contribution in [3.05, 3.63) is 63.3 Å². The lowest BCUT2D eigenvalue weighted by Gasteiger charge is -2.14. The summed E-state index contributed by atoms with van der Waals surface area (Å²) in [4.78, 5) is 11.7. The van der Waals surface area contributed by atoms with Gasteiger partial charge in [-0.15, -0.1) is 0 Å². The molecule has 2 N–H and O–H groups in total. The lowest BCUT2D eigenvalue weighted by molar-refractivity contribution is 0.0601. The summed E-state index contributed by atoms with van der Waals surface area (Å²) in [7, 11) is 1.25. The van der Waals surface area contributed by atoms with Crippen LogP contribution in [0, 0.1) is 0 Å². The zero-order valence-corrected chi connectivity index (χ0v) is 13.5. The second-order valence-corrected chi connectivity index (χ2v) is 5.78. The second kappa shape index (κ2) is 6.20. The number of carbonyl (C=O) groups excluding carboxylic acids is 1. The summed E-state index contributed by atoms with van der Waals surface area (Å²) < 4.78 is 4.64. The molecular formula is C16H12Cl2N2O3. The minimum Gasteiger partial charge on any atom is -0.465 e. The Morgan fingerprint density at radius 2 is 1.91 bits per heavy atom. The standard InChI is InChI=1S/C16H12Cl2N2O3/c1-23-16(22)14-11(17)4-10(5-12(14)18)15(21)8-2-3-9-7-19-20-13(9)6-8/h2-7,15,21H,1H3,(H,19,20). The third kappa shape index (κ3) is 2.91. The second-order valence-electron chi connectivity index (χ2n) is 4.97. The van der Waals surface area contributed by atoms with Crippen molar-refractivity contribution in [2.24, 2.45) is 0 Å². The van der Waals surface area contributed by atoms with Gasteiger partial charge < -0.3 is 9.84 Å². The number of aromatic amines is 1. The van der Waals surface area contributed by atoms with Crippen LogP contribution in [0.2, 0.25) is 10.0 Å². The van der Waals surface area contributed by atoms with Gasteiger partial charge in [0.15, 0.2) is 0 Å². The number of hydrogen-bond acceptors (Lipinski definition) is 4. The van der Waals surface area contributed by atoms with Crippen molar-refractivity contribution in [3.8, 4) is 0 Å². The lowest BCUT2D eigenvalue weighted by atomic mass is 9.99. The fourth-order valence-corrected chi connectivity index (χ4v) is 3.02. The predicted octanol–water partition coefficient (Wildman–Crippen LogP) is 3.74. The number of fused-ring (bicyclic) bond motifs is 1. The van der Waals surface area contributed by atoms with E-state index >= 15 is 0 Å². The summed E-state index contributed by atoms with van der Waals surface area (Å²) in [5.74, 6) is -0.625. The van der Waals surface area contributed by atoms with E-state index in [4.69, 9.17) is 23.2 Å². The zero-order chi connectivity index (χ0) is 16.6. The topological polar surface area (TPSA) is 75.2 Å². The Labute approximate surface area is 141 Å². The van der Waals surface area contributed by atoms with Gasteiger partial charge in [-0.3, -0.25) is 5.10 Å². The van der Waals surface area contributed by atoms with Crippen LogP contribution in [0.25, 0.3) is 10.9 Å². The number of methoxy groups -OCH3 is 1. The van der Waals surface area contributed by atoms with Crippen molar-refractivity contribution >= 4 is 40.1 Å². The van der Waals surface area contributed by atoms with Gasteiger partial charge in [-0.2, -0.15) is 5.10 Å². The molecule has 7 heteroatoms. The first-order valence-corrected chi connectivity index (χ1v) is 7.45. The highest BCUT2D eigenvalue weighted by Crippen LogP contribution is 2.32. The Balaban J connectivity index is 2.02. The highest BCUT2D eigenvalue weighted by molar-refractivity contribution is 6.39. The molecule has 0 spiro atoms. The van der Waals surface area contributed by atoms with Crippen LogP contribution in [0.15, 0.2) is 36.5 Å². The summed E-state index contributed by atoms with van der Waals surface area (Å²) in [6, 6.07) is 8.44. The molecule has 3 rings (SSSR count). The van der Waals surface area contributed by atoms with Crippen molar-refractivity contribution < 1.29 is 14.6 Å². The monoisotopic (exact) mass is 350 g/mol. The molecule has 118 valence electrons. The molecule has 0 saturated carbocycles. The molecule has 0 aliphatic heterocycles. The van der Waals surface area contributed by atoms with Crippen molar-refractivity contribution in [1.82, 2.24) is 10.2 Å². The molecule has 0 bridgehead atoms. The van der Waals surface area contributed by atoms with Crippen LogP contribution in [-0.4, -0.2) is 28.4 Å². The van der Waals surface area contributed by atoms with Gasteiger partial charge in [-0.1, -0.05) is 35.3 Å². The number of carbonyl (C=O) groups is 1. The molecule has 1 unspecified atom stereocenters. The van der Waals surface area contributed by atoms with Gasteiger partial charge in [-0.25, -0.2) is 4.79 Å². The molecule has 2 aromatic carbocycles. The van der Waals surface area contributed by atoms with Gasteiger partial charge >= 0.3 is 5.97 Å². The highest BCUT2D eigenvalue weighted by Gasteiger charge is 2.20. The Hall–Kier alpha value is -2.08. The number of aliphatic hydroxyl groups is 1. The number of aliphatic hydroxyl groups excluding tert-OH is 1. The largest absolute Gasteiger partial charge is 0.465 e. The number of rotatable bonds is 3. The van der Waals surface area contributed by atoms with Gasteiger partial charge in [0.05, 0.1) is 34.4 Å². The van der Waals surface area contributed by atoms with Gasteiger partial charge in [-0.05, 0) is 29.3 Å². The fourth-order valence-electron chi connectivity index (χ4n) is 2.36. The number of hydrogen-bond donors (Lipinski definition) is 2. The van der Waals surface area contributed by atoms with Crippen molar-refractivity contribution in [1.29, 1.82) is 0 Å². The van der Waals surface area contributed by atoms with E-state index in [0.29, 0.717) is 11.1 Å². The molecular weight excluding hydrogens is 339 g/mol. The number of nitrogens with one attached hydrogen (secondary N) is 1. The molecule has 0 radical (unpaired) electrons. The van der Waals surface area contributed by atoms with E-state index in [0.717, 1.165) is 10.9 Å². The molecule has 0 fully saturated rings. The number of H-pyrrole nitrogens is 1. The Morgan fingerprint density at radius 1 is 1.22 bits per heavy atom. The Morgan fingerprint density at radius 3 is 2.57 bits per heavy atom. The van der Waals surface area contributed by atoms with E-state index < -0.39 is 12.1 Å². The van der Waals surface area contributed by atoms with E-state index in [1.54, 1.807) is 18.3 Å². The van der Waals surface area contributed by atoms with Gasteiger partial charge in [0, 0.05) is 5.39 Å². The summed E-state index contributed by atoms with van der Waals surface area (Å²) in [6.45, 7) is 0. The highest BCUT2D eigenvalue weighted by atomic mass is 35.5. The summed E-state index contributed by atoms with van der Waals surface area (Å²) in [6.07, 6.45) is 0.758. The van der Waals surface area contributed by atoms with Crippen molar-refractivity contribution in [2.45, 2.75) is 6.10 Å². The van der Waals surface area contributed by atoms with E-state index in [9.17, 15) is 9.90 Å². The van der Waals surface area contributed by atoms with E-state index in [1.165, 1.54) is 19.2 Å². The third-order valence-electron chi connectivity index (χ3n) is 3.55. The van der Waals surface area contributed by atoms with Crippen LogP contribution in [0.5, 0.6) is 0 Å². The van der Waals surface area contributed by atoms with E-state index in [1.807, 2.05) is 6.07 Å². The number of halogens is 2. The van der Waals surface area contributed by atoms with Crippen molar-refractivity contribution in [2.75, 3.05) is 7.11 Å². The number of nitrogens with zero attached hydrogens (tertiary/aromatic N) is 1. The summed E-state index contributed by atoms with van der Waals surface area (Å²) in [5, 5.41) is 18.5. The average Bonchev–Trinajstić information content (AvgIpc) is 3.00. The maximum Gasteiger partial charge on any atom is 0.340 e. The van der Waals surface area contributed by atoms with Crippen LogP contribution < -0.4 is 0 Å². The predicted molar refractivity (Wildman–Crippen MR) is 88.0 cm³/mol. The van der Waals surface area contributed by atoms with E-state index in [2.05, 4.69) is 14.9 Å². The minimum absolute atomic E-state index is 0.0794. The molecule has 3 aromatic rings. The van der Waals surface area contributed by atoms with Crippen LogP contribution in [0.3, 0.4) is 0 Å². The average molecular weight is 351 g/mol. The summed E-state index contributed by atoms with van der Waals surface area (Å²) in [5.41, 5.74) is 2.02. The number of aromatic nitrogens is 2. The number of ether oxygens (including phenoxy) is 1. The van der Waals surface area contributed by atoms with Crippen LogP contribution in [0.1, 0.15) is 27.6 Å². The zero-order valence-electron chi connectivity index (χ0n) is 12.0. The third-order valence-corrected chi connectivity index (χ3v) is 4.15. The molecule has 1 aromatic heterocycles. The smallest absolute Gasteiger partial charge is 0.340 e. The summed E-state index contributed by atoms with van der Waals surface area (Å²) >= 11 is 12.2. The van der Waals surface area contributed by atoms with Gasteiger partial charge in [0.25, 0.3) is 0 Å². The first kappa shape index (κ1) is 15.8. The SMILES string of the molecule is COC(=O)c1c(Cl)cc(C(O)c2ccc3cn[nH]c3c2)cc1Cl. The van der Waals surface area contributed by atoms with Crippen molar-refractivity contribution in [3.63, 3.8) is 0 Å². The van der Waals surface area contributed by atoms with Gasteiger partial charge in [0.1, 0.15) is 6.10 Å². The molecule has 0 saturated heterocycles.